The van der Waals surface area contributed by atoms with Gasteiger partial charge in [-0.25, -0.2) is 14.5 Å². The molecule has 0 spiro atoms. The number of ether oxygens (including phenoxy) is 1. The number of urea groups is 1. The van der Waals surface area contributed by atoms with Crippen LogP contribution in [0.4, 0.5) is 4.79 Å². The van der Waals surface area contributed by atoms with Gasteiger partial charge in [-0.15, -0.1) is 0 Å². The average Bonchev–Trinajstić information content (AvgIpc) is 2.55. The molecule has 1 aliphatic heterocycles. The van der Waals surface area contributed by atoms with Crippen LogP contribution in [0.25, 0.3) is 0 Å². The van der Waals surface area contributed by atoms with Gasteiger partial charge in [0, 0.05) is 0 Å². The van der Waals surface area contributed by atoms with Crippen molar-refractivity contribution in [1.29, 1.82) is 0 Å². The number of esters is 1. The minimum Gasteiger partial charge on any atom is -0.458 e. The van der Waals surface area contributed by atoms with E-state index in [0.717, 1.165) is 17.7 Å². The number of carbonyl (C=O) groups is 3. The molecule has 1 rings (SSSR count). The second-order valence-corrected chi connectivity index (χ2v) is 6.75. The van der Waals surface area contributed by atoms with E-state index >= 15 is 0 Å². The van der Waals surface area contributed by atoms with Crippen molar-refractivity contribution < 1.29 is 19.1 Å². The largest absolute Gasteiger partial charge is 0.458 e. The zero-order chi connectivity index (χ0) is 16.4. The minimum atomic E-state index is -0.930. The van der Waals surface area contributed by atoms with Gasteiger partial charge in [-0.1, -0.05) is 19.8 Å². The third kappa shape index (κ3) is 3.95. The summed E-state index contributed by atoms with van der Waals surface area (Å²) in [6.45, 7) is 10.5. The summed E-state index contributed by atoms with van der Waals surface area (Å²) in [6, 6.07) is -1.46. The first-order valence-corrected chi connectivity index (χ1v) is 7.40. The van der Waals surface area contributed by atoms with Gasteiger partial charge in [-0.2, -0.15) is 0 Å². The molecule has 1 heterocycles. The highest BCUT2D eigenvalue weighted by Crippen LogP contribution is 2.25. The van der Waals surface area contributed by atoms with Gasteiger partial charge in [0.05, 0.1) is 0 Å². The summed E-state index contributed by atoms with van der Waals surface area (Å²) in [5.41, 5.74) is -1.58. The smallest absolute Gasteiger partial charge is 0.329 e. The highest BCUT2D eigenvalue weighted by Gasteiger charge is 2.50. The lowest BCUT2D eigenvalue weighted by atomic mass is 9.95. The minimum absolute atomic E-state index is 0.362. The molecule has 2 unspecified atom stereocenters. The van der Waals surface area contributed by atoms with Gasteiger partial charge in [0.1, 0.15) is 17.2 Å². The van der Waals surface area contributed by atoms with Crippen LogP contribution >= 0.6 is 0 Å². The van der Waals surface area contributed by atoms with Crippen LogP contribution in [0, 0.1) is 0 Å². The third-order valence-corrected chi connectivity index (χ3v) is 3.46. The zero-order valence-electron chi connectivity index (χ0n) is 13.8. The number of nitrogens with zero attached hydrogens (tertiary/aromatic N) is 1. The number of rotatable bonds is 5. The summed E-state index contributed by atoms with van der Waals surface area (Å²) < 4.78 is 5.25. The van der Waals surface area contributed by atoms with Crippen molar-refractivity contribution >= 4 is 17.9 Å². The van der Waals surface area contributed by atoms with Gasteiger partial charge >= 0.3 is 12.0 Å². The predicted molar refractivity (Wildman–Crippen MR) is 78.6 cm³/mol. The van der Waals surface area contributed by atoms with E-state index in [2.05, 4.69) is 5.32 Å². The first kappa shape index (κ1) is 17.5. The Bertz CT molecular complexity index is 441. The maximum absolute atomic E-state index is 12.5. The number of unbranched alkanes of at least 4 members (excludes halogenated alkanes) is 1. The topological polar surface area (TPSA) is 75.7 Å². The predicted octanol–water partition coefficient (Wildman–Crippen LogP) is 2.22. The first-order valence-electron chi connectivity index (χ1n) is 7.40. The lowest BCUT2D eigenvalue weighted by molar-refractivity contribution is -0.162. The summed E-state index contributed by atoms with van der Waals surface area (Å²) in [5, 5.41) is 2.69. The Morgan fingerprint density at radius 2 is 1.95 bits per heavy atom. The van der Waals surface area contributed by atoms with Gasteiger partial charge in [0.25, 0.3) is 5.91 Å². The highest BCUT2D eigenvalue weighted by molar-refractivity contribution is 6.09. The van der Waals surface area contributed by atoms with Crippen molar-refractivity contribution in [3.8, 4) is 0 Å². The molecule has 3 amide bonds. The number of nitrogens with one attached hydrogen (secondary N) is 1. The molecule has 120 valence electrons. The lowest BCUT2D eigenvalue weighted by Gasteiger charge is -2.26. The summed E-state index contributed by atoms with van der Waals surface area (Å²) in [4.78, 5) is 37.6. The van der Waals surface area contributed by atoms with Crippen molar-refractivity contribution in [2.45, 2.75) is 78.0 Å². The van der Waals surface area contributed by atoms with Crippen LogP contribution in [-0.4, -0.2) is 40.0 Å². The fraction of sp³-hybridized carbons (Fsp3) is 0.800. The molecule has 0 aromatic carbocycles. The quantitative estimate of drug-likeness (QED) is 0.623. The maximum Gasteiger partial charge on any atom is 0.329 e. The standard InChI is InChI=1S/C15H26N2O4/c1-7-8-9-15(6)12(19)17(13(20)16-15)10(2)11(18)21-14(3,4)5/h10H,7-9H2,1-6H3,(H,16,20). The van der Waals surface area contributed by atoms with Gasteiger partial charge in [0.2, 0.25) is 0 Å². The van der Waals surface area contributed by atoms with Crippen LogP contribution in [-0.2, 0) is 14.3 Å². The SMILES string of the molecule is CCCCC1(C)NC(=O)N(C(C)C(=O)OC(C)(C)C)C1=O. The highest BCUT2D eigenvalue weighted by atomic mass is 16.6. The number of imide groups is 1. The molecule has 0 aliphatic carbocycles. The molecule has 0 saturated carbocycles. The van der Waals surface area contributed by atoms with Crippen molar-refractivity contribution in [3.63, 3.8) is 0 Å². The van der Waals surface area contributed by atoms with Crippen LogP contribution in [0.2, 0.25) is 0 Å². The van der Waals surface area contributed by atoms with E-state index in [9.17, 15) is 14.4 Å². The molecule has 6 heteroatoms. The van der Waals surface area contributed by atoms with E-state index in [1.807, 2.05) is 6.92 Å². The summed E-state index contributed by atoms with van der Waals surface area (Å²) >= 11 is 0. The molecule has 0 aromatic rings. The fourth-order valence-corrected chi connectivity index (χ4v) is 2.25. The Balaban J connectivity index is 2.86. The molecule has 1 saturated heterocycles. The summed E-state index contributed by atoms with van der Waals surface area (Å²) in [7, 11) is 0. The average molecular weight is 298 g/mol. The molecule has 1 N–H and O–H groups in total. The number of carbonyl (C=O) groups excluding carboxylic acids is 3. The zero-order valence-corrected chi connectivity index (χ0v) is 13.8. The van der Waals surface area contributed by atoms with E-state index in [4.69, 9.17) is 4.74 Å². The van der Waals surface area contributed by atoms with Crippen LogP contribution in [0.1, 0.15) is 60.8 Å². The Hall–Kier alpha value is -1.59. The number of amides is 3. The van der Waals surface area contributed by atoms with Crippen molar-refractivity contribution in [3.05, 3.63) is 0 Å². The molecule has 2 atom stereocenters. The van der Waals surface area contributed by atoms with Crippen molar-refractivity contribution in [2.24, 2.45) is 0 Å². The monoisotopic (exact) mass is 298 g/mol. The second-order valence-electron chi connectivity index (χ2n) is 6.75. The van der Waals surface area contributed by atoms with Gasteiger partial charge in [0.15, 0.2) is 0 Å². The van der Waals surface area contributed by atoms with E-state index in [1.54, 1.807) is 27.7 Å². The molecule has 0 radical (unpaired) electrons. The van der Waals surface area contributed by atoms with Crippen LogP contribution in [0.5, 0.6) is 0 Å². The lowest BCUT2D eigenvalue weighted by Crippen LogP contribution is -2.48. The molecule has 6 nitrogen and oxygen atoms in total. The van der Waals surface area contributed by atoms with E-state index < -0.39 is 29.2 Å². The number of hydrogen-bond donors (Lipinski definition) is 1. The molecule has 1 fully saturated rings. The Kier molecular flexibility index (Phi) is 5.02. The van der Waals surface area contributed by atoms with Gasteiger partial charge in [-0.05, 0) is 41.0 Å². The normalized spacial score (nSPS) is 24.0. The van der Waals surface area contributed by atoms with E-state index in [-0.39, 0.29) is 5.91 Å². The Morgan fingerprint density at radius 1 is 1.38 bits per heavy atom. The Labute approximate surface area is 126 Å². The van der Waals surface area contributed by atoms with Gasteiger partial charge < -0.3 is 10.1 Å². The van der Waals surface area contributed by atoms with Crippen LogP contribution < -0.4 is 5.32 Å². The second kappa shape index (κ2) is 6.03. The fourth-order valence-electron chi connectivity index (χ4n) is 2.25. The first-order chi connectivity index (χ1) is 9.52. The molecule has 21 heavy (non-hydrogen) atoms. The third-order valence-electron chi connectivity index (χ3n) is 3.46. The van der Waals surface area contributed by atoms with Crippen molar-refractivity contribution in [2.75, 3.05) is 0 Å². The van der Waals surface area contributed by atoms with Crippen LogP contribution in [0.15, 0.2) is 0 Å². The van der Waals surface area contributed by atoms with E-state index in [1.165, 1.54) is 6.92 Å². The number of hydrogen-bond acceptors (Lipinski definition) is 4. The molecule has 0 aromatic heterocycles. The molecule has 0 bridgehead atoms. The maximum atomic E-state index is 12.5. The summed E-state index contributed by atoms with van der Waals surface area (Å²) in [5.74, 6) is -0.940. The van der Waals surface area contributed by atoms with Crippen molar-refractivity contribution in [1.82, 2.24) is 10.2 Å². The van der Waals surface area contributed by atoms with Crippen LogP contribution in [0.3, 0.4) is 0 Å². The van der Waals surface area contributed by atoms with Gasteiger partial charge in [-0.3, -0.25) is 4.79 Å². The Morgan fingerprint density at radius 3 is 2.43 bits per heavy atom. The molecular weight excluding hydrogens is 272 g/mol. The summed E-state index contributed by atoms with van der Waals surface area (Å²) in [6.07, 6.45) is 2.32. The molecular formula is C15H26N2O4. The molecule has 1 aliphatic rings. The van der Waals surface area contributed by atoms with E-state index in [0.29, 0.717) is 6.42 Å².